The molecule has 0 bridgehead atoms. The van der Waals surface area contributed by atoms with E-state index in [-0.39, 0.29) is 5.95 Å². The summed E-state index contributed by atoms with van der Waals surface area (Å²) in [5.74, 6) is 1.27. The van der Waals surface area contributed by atoms with Crippen molar-refractivity contribution < 1.29 is 9.47 Å². The van der Waals surface area contributed by atoms with Crippen LogP contribution in [0.25, 0.3) is 0 Å². The van der Waals surface area contributed by atoms with Crippen LogP contribution in [0.2, 0.25) is 0 Å². The Labute approximate surface area is 96.0 Å². The van der Waals surface area contributed by atoms with Crippen LogP contribution >= 0.6 is 0 Å². The zero-order chi connectivity index (χ0) is 12.0. The number of nitrogen functional groups attached to an aromatic ring is 1. The van der Waals surface area contributed by atoms with E-state index in [0.717, 1.165) is 12.3 Å². The molecule has 0 saturated heterocycles. The van der Waals surface area contributed by atoms with E-state index in [1.165, 1.54) is 0 Å². The molecule has 5 nitrogen and oxygen atoms in total. The Morgan fingerprint density at radius 2 is 2.06 bits per heavy atom. The number of rotatable bonds is 6. The predicted octanol–water partition coefficient (Wildman–Crippen LogP) is 1.42. The van der Waals surface area contributed by atoms with Crippen molar-refractivity contribution in [1.29, 1.82) is 0 Å². The third-order valence-electron chi connectivity index (χ3n) is 1.78. The molecule has 0 spiro atoms. The molecule has 1 aromatic rings. The number of anilines is 1. The lowest BCUT2D eigenvalue weighted by atomic mass is 10.2. The van der Waals surface area contributed by atoms with Crippen LogP contribution in [0.3, 0.4) is 0 Å². The first-order valence-electron chi connectivity index (χ1n) is 5.39. The van der Waals surface area contributed by atoms with E-state index in [1.54, 1.807) is 6.07 Å². The minimum atomic E-state index is 0.234. The quantitative estimate of drug-likeness (QED) is 0.741. The molecule has 0 aliphatic heterocycles. The van der Waals surface area contributed by atoms with E-state index in [4.69, 9.17) is 15.2 Å². The molecule has 5 heteroatoms. The van der Waals surface area contributed by atoms with Gasteiger partial charge in [-0.05, 0) is 12.8 Å². The average Bonchev–Trinajstić information content (AvgIpc) is 2.15. The van der Waals surface area contributed by atoms with Gasteiger partial charge in [-0.15, -0.1) is 0 Å². The molecular weight excluding hydrogens is 206 g/mol. The van der Waals surface area contributed by atoms with Gasteiger partial charge in [-0.2, -0.15) is 4.98 Å². The number of aryl methyl sites for hydroxylation is 1. The molecule has 0 fully saturated rings. The molecule has 1 heterocycles. The molecule has 0 unspecified atom stereocenters. The van der Waals surface area contributed by atoms with Gasteiger partial charge in [0, 0.05) is 18.4 Å². The third kappa shape index (κ3) is 4.93. The topological polar surface area (TPSA) is 70.3 Å². The van der Waals surface area contributed by atoms with Gasteiger partial charge in [-0.25, -0.2) is 4.98 Å². The normalized spacial score (nSPS) is 10.8. The zero-order valence-corrected chi connectivity index (χ0v) is 10.1. The Bertz CT molecular complexity index is 309. The Morgan fingerprint density at radius 1 is 1.31 bits per heavy atom. The van der Waals surface area contributed by atoms with Crippen molar-refractivity contribution in [3.05, 3.63) is 11.8 Å². The summed E-state index contributed by atoms with van der Waals surface area (Å²) in [4.78, 5) is 7.91. The van der Waals surface area contributed by atoms with Gasteiger partial charge in [0.25, 0.3) is 0 Å². The van der Waals surface area contributed by atoms with Gasteiger partial charge in [0.1, 0.15) is 6.61 Å². The van der Waals surface area contributed by atoms with Gasteiger partial charge in [-0.3, -0.25) is 0 Å². The van der Waals surface area contributed by atoms with Gasteiger partial charge in [0.05, 0.1) is 6.61 Å². The first-order chi connectivity index (χ1) is 7.58. The Hall–Kier alpha value is -1.36. The predicted molar refractivity (Wildman–Crippen MR) is 62.3 cm³/mol. The average molecular weight is 225 g/mol. The van der Waals surface area contributed by atoms with Crippen LogP contribution in [0.1, 0.15) is 19.5 Å². The zero-order valence-electron chi connectivity index (χ0n) is 10.1. The van der Waals surface area contributed by atoms with Gasteiger partial charge in [0.2, 0.25) is 11.8 Å². The fourth-order valence-electron chi connectivity index (χ4n) is 1.16. The van der Waals surface area contributed by atoms with Gasteiger partial charge in [-0.1, -0.05) is 13.8 Å². The summed E-state index contributed by atoms with van der Waals surface area (Å²) in [6.07, 6.45) is 0. The van der Waals surface area contributed by atoms with Crippen molar-refractivity contribution in [1.82, 2.24) is 9.97 Å². The molecule has 1 rings (SSSR count). The second-order valence-corrected chi connectivity index (χ2v) is 4.02. The van der Waals surface area contributed by atoms with Crippen molar-refractivity contribution in [3.8, 4) is 5.88 Å². The number of nitrogens with two attached hydrogens (primary N) is 1. The second kappa shape index (κ2) is 6.27. The van der Waals surface area contributed by atoms with E-state index in [1.807, 2.05) is 6.92 Å². The van der Waals surface area contributed by atoms with Gasteiger partial charge in [0.15, 0.2) is 0 Å². The lowest BCUT2D eigenvalue weighted by molar-refractivity contribution is 0.0806. The molecule has 0 aliphatic rings. The van der Waals surface area contributed by atoms with Crippen LogP contribution in [0.5, 0.6) is 5.88 Å². The molecule has 0 radical (unpaired) electrons. The number of hydrogen-bond acceptors (Lipinski definition) is 5. The molecule has 90 valence electrons. The molecule has 0 aromatic carbocycles. The first-order valence-corrected chi connectivity index (χ1v) is 5.39. The van der Waals surface area contributed by atoms with E-state index < -0.39 is 0 Å². The van der Waals surface area contributed by atoms with E-state index in [9.17, 15) is 0 Å². The van der Waals surface area contributed by atoms with Crippen molar-refractivity contribution in [2.45, 2.75) is 20.8 Å². The highest BCUT2D eigenvalue weighted by Gasteiger charge is 2.00. The highest BCUT2D eigenvalue weighted by atomic mass is 16.5. The lowest BCUT2D eigenvalue weighted by Crippen LogP contribution is -2.11. The summed E-state index contributed by atoms with van der Waals surface area (Å²) >= 11 is 0. The smallest absolute Gasteiger partial charge is 0.223 e. The summed E-state index contributed by atoms with van der Waals surface area (Å²) in [5.41, 5.74) is 6.29. The van der Waals surface area contributed by atoms with E-state index in [0.29, 0.717) is 25.0 Å². The summed E-state index contributed by atoms with van der Waals surface area (Å²) in [5, 5.41) is 0. The maximum atomic E-state index is 5.50. The molecule has 2 N–H and O–H groups in total. The highest BCUT2D eigenvalue weighted by molar-refractivity contribution is 5.25. The fourth-order valence-corrected chi connectivity index (χ4v) is 1.16. The maximum Gasteiger partial charge on any atom is 0.223 e. The summed E-state index contributed by atoms with van der Waals surface area (Å²) in [6, 6.07) is 1.75. The molecule has 16 heavy (non-hydrogen) atoms. The SMILES string of the molecule is Cc1cc(OCCOCC(C)C)nc(N)n1. The van der Waals surface area contributed by atoms with Crippen LogP contribution in [0.15, 0.2) is 6.07 Å². The van der Waals surface area contributed by atoms with Gasteiger partial charge < -0.3 is 15.2 Å². The minimum absolute atomic E-state index is 0.234. The van der Waals surface area contributed by atoms with Crippen LogP contribution < -0.4 is 10.5 Å². The summed E-state index contributed by atoms with van der Waals surface area (Å²) in [7, 11) is 0. The Morgan fingerprint density at radius 3 is 2.69 bits per heavy atom. The lowest BCUT2D eigenvalue weighted by Gasteiger charge is -2.08. The molecule has 1 aromatic heterocycles. The second-order valence-electron chi connectivity index (χ2n) is 4.02. The standard InChI is InChI=1S/C11H19N3O2/c1-8(2)7-15-4-5-16-10-6-9(3)13-11(12)14-10/h6,8H,4-5,7H2,1-3H3,(H2,12,13,14). The molecule has 0 amide bonds. The highest BCUT2D eigenvalue weighted by Crippen LogP contribution is 2.09. The maximum absolute atomic E-state index is 5.50. The number of nitrogens with zero attached hydrogens (tertiary/aromatic N) is 2. The number of ether oxygens (including phenoxy) is 2. The Kier molecular flexibility index (Phi) is 4.98. The van der Waals surface area contributed by atoms with Crippen molar-refractivity contribution in [2.24, 2.45) is 5.92 Å². The van der Waals surface area contributed by atoms with Crippen LogP contribution in [0, 0.1) is 12.8 Å². The van der Waals surface area contributed by atoms with Crippen molar-refractivity contribution in [2.75, 3.05) is 25.6 Å². The monoisotopic (exact) mass is 225 g/mol. The molecular formula is C11H19N3O2. The summed E-state index contributed by atoms with van der Waals surface area (Å²) < 4.78 is 10.8. The van der Waals surface area contributed by atoms with Crippen molar-refractivity contribution in [3.63, 3.8) is 0 Å². The van der Waals surface area contributed by atoms with Crippen molar-refractivity contribution >= 4 is 5.95 Å². The van der Waals surface area contributed by atoms with Gasteiger partial charge >= 0.3 is 0 Å². The Balaban J connectivity index is 2.26. The molecule has 0 aliphatic carbocycles. The molecule has 0 atom stereocenters. The van der Waals surface area contributed by atoms with Crippen LogP contribution in [-0.4, -0.2) is 29.8 Å². The van der Waals surface area contributed by atoms with Crippen LogP contribution in [0.4, 0.5) is 5.95 Å². The number of aromatic nitrogens is 2. The first kappa shape index (κ1) is 12.7. The summed E-state index contributed by atoms with van der Waals surface area (Å²) in [6.45, 7) is 7.84. The van der Waals surface area contributed by atoms with Crippen LogP contribution in [-0.2, 0) is 4.74 Å². The minimum Gasteiger partial charge on any atom is -0.475 e. The molecule has 0 saturated carbocycles. The fraction of sp³-hybridized carbons (Fsp3) is 0.636. The third-order valence-corrected chi connectivity index (χ3v) is 1.78. The largest absolute Gasteiger partial charge is 0.475 e. The number of hydrogen-bond donors (Lipinski definition) is 1. The van der Waals surface area contributed by atoms with E-state index in [2.05, 4.69) is 23.8 Å². The van der Waals surface area contributed by atoms with E-state index >= 15 is 0 Å².